The van der Waals surface area contributed by atoms with Gasteiger partial charge in [0.25, 0.3) is 0 Å². The van der Waals surface area contributed by atoms with Crippen molar-refractivity contribution < 1.29 is 26.5 Å². The predicted molar refractivity (Wildman–Crippen MR) is 77.4 cm³/mol. The van der Waals surface area contributed by atoms with E-state index in [1.165, 1.54) is 0 Å². The number of ether oxygens (including phenoxy) is 1. The molecule has 0 saturated heterocycles. The van der Waals surface area contributed by atoms with Crippen molar-refractivity contribution in [3.05, 3.63) is 60.2 Å². The highest BCUT2D eigenvalue weighted by Crippen LogP contribution is 2.23. The average Bonchev–Trinajstić information content (AvgIpc) is 2.39. The third-order valence-electron chi connectivity index (χ3n) is 2.81. The summed E-state index contributed by atoms with van der Waals surface area (Å²) >= 11 is 0. The van der Waals surface area contributed by atoms with Crippen LogP contribution in [0.25, 0.3) is 0 Å². The van der Waals surface area contributed by atoms with Crippen LogP contribution in [-0.4, -0.2) is 27.1 Å². The number of nitrogens with zero attached hydrogens (tertiary/aromatic N) is 1. The zero-order chi connectivity index (χ0) is 13.9. The molecule has 0 heterocycles. The van der Waals surface area contributed by atoms with E-state index >= 15 is 0 Å². The van der Waals surface area contributed by atoms with Crippen LogP contribution in [0.15, 0.2) is 54.6 Å². The van der Waals surface area contributed by atoms with Crippen LogP contribution in [0.1, 0.15) is 10.4 Å². The van der Waals surface area contributed by atoms with Gasteiger partial charge in [0.05, 0.1) is 26.7 Å². The van der Waals surface area contributed by atoms with Crippen molar-refractivity contribution in [2.24, 2.45) is 0 Å². The summed E-state index contributed by atoms with van der Waals surface area (Å²) in [5.41, 5.74) is 1.64. The summed E-state index contributed by atoms with van der Waals surface area (Å²) in [5.74, 6) is 0.235. The molecule has 0 aromatic heterocycles. The van der Waals surface area contributed by atoms with E-state index in [1.807, 2.05) is 36.4 Å². The minimum atomic E-state index is -0.334. The molecule has 0 amide bonds. The highest BCUT2D eigenvalue weighted by Gasteiger charge is 2.14. The van der Waals surface area contributed by atoms with Crippen LogP contribution in [0.2, 0.25) is 0 Å². The van der Waals surface area contributed by atoms with Crippen LogP contribution in [0.3, 0.4) is 0 Å². The maximum absolute atomic E-state index is 11.9. The maximum Gasteiger partial charge on any atom is 0.343 e. The normalized spacial score (nSPS) is 10.6. The fourth-order valence-corrected chi connectivity index (χ4v) is 1.70. The van der Waals surface area contributed by atoms with Gasteiger partial charge in [-0.25, -0.2) is 4.79 Å². The van der Waals surface area contributed by atoms with Gasteiger partial charge in [0.2, 0.25) is 0 Å². The second-order valence-corrected chi connectivity index (χ2v) is 5.27. The lowest BCUT2D eigenvalue weighted by Crippen LogP contribution is -3.00. The summed E-state index contributed by atoms with van der Waals surface area (Å²) < 4.78 is 6.06. The van der Waals surface area contributed by atoms with Crippen molar-refractivity contribution in [1.82, 2.24) is 4.48 Å². The van der Waals surface area contributed by atoms with Crippen molar-refractivity contribution in [3.63, 3.8) is 0 Å². The number of halogens is 1. The van der Waals surface area contributed by atoms with E-state index in [2.05, 4.69) is 21.1 Å². The Kier molecular flexibility index (Phi) is 5.48. The summed E-state index contributed by atoms with van der Waals surface area (Å²) in [4.78, 5) is 11.9. The molecule has 2 aromatic carbocycles. The number of benzene rings is 2. The molecule has 0 aliphatic heterocycles. The van der Waals surface area contributed by atoms with E-state index in [0.717, 1.165) is 5.69 Å². The summed E-state index contributed by atoms with van der Waals surface area (Å²) in [6.07, 6.45) is 0. The molecule has 0 atom stereocenters. The smallest absolute Gasteiger partial charge is 0.343 e. The second kappa shape index (κ2) is 6.68. The summed E-state index contributed by atoms with van der Waals surface area (Å²) in [5, 5.41) is 0. The quantitative estimate of drug-likeness (QED) is 0.452. The molecule has 0 aliphatic rings. The minimum Gasteiger partial charge on any atom is -1.00 e. The molecule has 2 aromatic rings. The van der Waals surface area contributed by atoms with Gasteiger partial charge in [0.15, 0.2) is 0 Å². The lowest BCUT2D eigenvalue weighted by Gasteiger charge is -2.23. The number of esters is 1. The Morgan fingerprint density at radius 2 is 1.60 bits per heavy atom. The maximum atomic E-state index is 11.9. The first-order valence-corrected chi connectivity index (χ1v) is 6.16. The molecule has 0 spiro atoms. The lowest BCUT2D eigenvalue weighted by atomic mass is 10.2. The Morgan fingerprint density at radius 1 is 0.950 bits per heavy atom. The molecule has 2 rings (SSSR count). The highest BCUT2D eigenvalue weighted by molar-refractivity contribution is 5.91. The molecule has 106 valence electrons. The highest BCUT2D eigenvalue weighted by atomic mass is 79.9. The van der Waals surface area contributed by atoms with E-state index in [4.69, 9.17) is 4.74 Å². The van der Waals surface area contributed by atoms with Crippen LogP contribution in [0, 0.1) is 0 Å². The van der Waals surface area contributed by atoms with Crippen molar-refractivity contribution in [2.45, 2.75) is 0 Å². The number of hydrogen-bond donors (Lipinski definition) is 0. The fraction of sp³-hybridized carbons (Fsp3) is 0.188. The first-order valence-electron chi connectivity index (χ1n) is 6.16. The molecule has 0 N–H and O–H groups in total. The van der Waals surface area contributed by atoms with E-state index in [0.29, 0.717) is 15.8 Å². The summed E-state index contributed by atoms with van der Waals surface area (Å²) in [6.45, 7) is 0. The molecule has 20 heavy (non-hydrogen) atoms. The van der Waals surface area contributed by atoms with Gasteiger partial charge in [-0.15, -0.1) is 0 Å². The Balaban J connectivity index is 0.00000200. The molecular weight excluding hydrogens is 318 g/mol. The van der Waals surface area contributed by atoms with Gasteiger partial charge in [-0.2, -0.15) is 0 Å². The molecule has 0 fully saturated rings. The van der Waals surface area contributed by atoms with Crippen LogP contribution in [0.4, 0.5) is 5.69 Å². The van der Waals surface area contributed by atoms with Gasteiger partial charge in [-0.05, 0) is 24.3 Å². The van der Waals surface area contributed by atoms with E-state index in [-0.39, 0.29) is 23.0 Å². The molecule has 0 aliphatic carbocycles. The lowest BCUT2D eigenvalue weighted by molar-refractivity contribution is -0.0000170. The molecule has 3 nitrogen and oxygen atoms in total. The van der Waals surface area contributed by atoms with Crippen molar-refractivity contribution in [3.8, 4) is 5.75 Å². The molecule has 0 bridgehead atoms. The van der Waals surface area contributed by atoms with Crippen LogP contribution >= 0.6 is 0 Å². The molecule has 4 heteroatoms. The van der Waals surface area contributed by atoms with Gasteiger partial charge in [0, 0.05) is 6.07 Å². The molecule has 0 unspecified atom stereocenters. The molecule has 0 radical (unpaired) electrons. The van der Waals surface area contributed by atoms with E-state index in [9.17, 15) is 4.79 Å². The standard InChI is InChI=1S/C16H18NO2.BrH/c1-17(2,3)14-10-7-11-15(12-14)19-16(18)13-8-5-4-6-9-13;/h4-12H,1-3H3;1H/q+1;/p-1. The molecule has 0 saturated carbocycles. The van der Waals surface area contributed by atoms with Crippen LogP contribution in [0.5, 0.6) is 5.75 Å². The van der Waals surface area contributed by atoms with E-state index in [1.54, 1.807) is 18.2 Å². The number of carbonyl (C=O) groups excluding carboxylic acids is 1. The number of carbonyl (C=O) groups is 1. The van der Waals surface area contributed by atoms with Crippen molar-refractivity contribution >= 4 is 11.7 Å². The van der Waals surface area contributed by atoms with Crippen LogP contribution < -0.4 is 26.2 Å². The van der Waals surface area contributed by atoms with Crippen molar-refractivity contribution in [1.29, 1.82) is 0 Å². The Morgan fingerprint density at radius 3 is 2.20 bits per heavy atom. The number of quaternary nitrogens is 1. The third kappa shape index (κ3) is 4.18. The fourth-order valence-electron chi connectivity index (χ4n) is 1.70. The average molecular weight is 336 g/mol. The summed E-state index contributed by atoms with van der Waals surface area (Å²) in [6, 6.07) is 16.6. The minimum absolute atomic E-state index is 0. The van der Waals surface area contributed by atoms with Gasteiger partial charge in [-0.1, -0.05) is 24.3 Å². The van der Waals surface area contributed by atoms with Gasteiger partial charge < -0.3 is 21.7 Å². The first-order chi connectivity index (χ1) is 8.97. The molecular formula is C16H18BrNO2. The third-order valence-corrected chi connectivity index (χ3v) is 2.81. The van der Waals surface area contributed by atoms with E-state index < -0.39 is 0 Å². The Bertz CT molecular complexity index is 577. The Hall–Kier alpha value is -1.65. The van der Waals surface area contributed by atoms with Gasteiger partial charge in [0.1, 0.15) is 11.4 Å². The zero-order valence-corrected chi connectivity index (χ0v) is 13.4. The topological polar surface area (TPSA) is 26.3 Å². The van der Waals surface area contributed by atoms with Crippen molar-refractivity contribution in [2.75, 3.05) is 21.1 Å². The second-order valence-electron chi connectivity index (χ2n) is 5.27. The monoisotopic (exact) mass is 335 g/mol. The summed E-state index contributed by atoms with van der Waals surface area (Å²) in [7, 11) is 6.20. The van der Waals surface area contributed by atoms with Gasteiger partial charge >= 0.3 is 5.97 Å². The van der Waals surface area contributed by atoms with Gasteiger partial charge in [-0.3, -0.25) is 4.48 Å². The number of hydrogen-bond acceptors (Lipinski definition) is 2. The Labute approximate surface area is 130 Å². The SMILES string of the molecule is C[N+](C)(C)c1cccc(OC(=O)c2ccccc2)c1.[Br-]. The largest absolute Gasteiger partial charge is 1.00 e. The first kappa shape index (κ1) is 16.4. The predicted octanol–water partition coefficient (Wildman–Crippen LogP) is 0.107. The van der Waals surface area contributed by atoms with Crippen LogP contribution in [-0.2, 0) is 0 Å². The number of rotatable bonds is 3. The zero-order valence-electron chi connectivity index (χ0n) is 11.8.